The van der Waals surface area contributed by atoms with Crippen LogP contribution in [0.3, 0.4) is 0 Å². The Morgan fingerprint density at radius 2 is 1.80 bits per heavy atom. The fraction of sp³-hybridized carbons (Fsp3) is 0.167. The third kappa shape index (κ3) is 2.71. The molecule has 2 heterocycles. The highest BCUT2D eigenvalue weighted by Gasteiger charge is 2.37. The Morgan fingerprint density at radius 1 is 1.08 bits per heavy atom. The van der Waals surface area contributed by atoms with Gasteiger partial charge in [-0.25, -0.2) is 4.31 Å². The highest BCUT2D eigenvalue weighted by atomic mass is 32.2. The van der Waals surface area contributed by atoms with Crippen molar-refractivity contribution in [3.63, 3.8) is 0 Å². The number of aromatic nitrogens is 2. The van der Waals surface area contributed by atoms with Crippen molar-refractivity contribution in [1.29, 1.82) is 0 Å². The maximum atomic E-state index is 12.9. The lowest BCUT2D eigenvalue weighted by Gasteiger charge is -2.28. The van der Waals surface area contributed by atoms with E-state index in [1.807, 2.05) is 59.9 Å². The van der Waals surface area contributed by atoms with E-state index in [1.54, 1.807) is 7.11 Å². The van der Waals surface area contributed by atoms with Crippen LogP contribution in [-0.4, -0.2) is 34.4 Å². The lowest BCUT2D eigenvalue weighted by atomic mass is 10.0. The summed E-state index contributed by atoms with van der Waals surface area (Å²) in [6, 6.07) is 14.3. The van der Waals surface area contributed by atoms with Gasteiger partial charge in [0.25, 0.3) is 5.89 Å². The summed E-state index contributed by atoms with van der Waals surface area (Å²) >= 11 is 1.49. The van der Waals surface area contributed by atoms with E-state index in [-0.39, 0.29) is 11.7 Å². The fourth-order valence-corrected chi connectivity index (χ4v) is 3.82. The summed E-state index contributed by atoms with van der Waals surface area (Å²) in [5.41, 5.74) is 1.37. The molecule has 0 saturated carbocycles. The largest absolute Gasteiger partial charge is 0.496 e. The first kappa shape index (κ1) is 15.9. The zero-order valence-electron chi connectivity index (χ0n) is 13.7. The van der Waals surface area contributed by atoms with Gasteiger partial charge in [0.2, 0.25) is 5.89 Å². The molecule has 0 N–H and O–H groups in total. The number of fused-ring (bicyclic) bond motifs is 1. The van der Waals surface area contributed by atoms with Crippen molar-refractivity contribution in [2.24, 2.45) is 0 Å². The van der Waals surface area contributed by atoms with Gasteiger partial charge in [0.15, 0.2) is 11.8 Å². The molecule has 4 rings (SSSR count). The minimum Gasteiger partial charge on any atom is -0.496 e. The van der Waals surface area contributed by atoms with Crippen LogP contribution in [-0.2, 0) is 0 Å². The minimum atomic E-state index is -0.615. The average molecular weight is 353 g/mol. The zero-order chi connectivity index (χ0) is 17.4. The van der Waals surface area contributed by atoms with Crippen LogP contribution in [0.2, 0.25) is 0 Å². The second kappa shape index (κ2) is 6.34. The summed E-state index contributed by atoms with van der Waals surface area (Å²) < 4.78 is 13.0. The first-order valence-corrected chi connectivity index (χ1v) is 8.47. The third-order valence-electron chi connectivity index (χ3n) is 4.02. The molecule has 0 aliphatic carbocycles. The molecule has 2 aromatic carbocycles. The predicted molar refractivity (Wildman–Crippen MR) is 93.4 cm³/mol. The molecule has 1 unspecified atom stereocenters. The number of hydrogen-bond acceptors (Lipinski definition) is 7. The van der Waals surface area contributed by atoms with Gasteiger partial charge in [-0.15, -0.1) is 10.2 Å². The number of benzene rings is 2. The van der Waals surface area contributed by atoms with Crippen molar-refractivity contribution in [1.82, 2.24) is 14.5 Å². The van der Waals surface area contributed by atoms with E-state index in [0.717, 1.165) is 4.90 Å². The molecule has 0 saturated heterocycles. The Morgan fingerprint density at radius 3 is 2.60 bits per heavy atom. The van der Waals surface area contributed by atoms with Crippen molar-refractivity contribution in [2.45, 2.75) is 10.9 Å². The Kier molecular flexibility index (Phi) is 4.03. The number of ether oxygens (including phenoxy) is 1. The summed E-state index contributed by atoms with van der Waals surface area (Å²) in [6.45, 7) is 0. The molecule has 1 aliphatic heterocycles. The average Bonchev–Trinajstić information content (AvgIpc) is 3.11. The van der Waals surface area contributed by atoms with Crippen LogP contribution in [0.25, 0.3) is 11.5 Å². The molecule has 3 aromatic rings. The van der Waals surface area contributed by atoms with Crippen molar-refractivity contribution in [2.75, 3.05) is 14.2 Å². The highest BCUT2D eigenvalue weighted by molar-refractivity contribution is 7.97. The highest BCUT2D eigenvalue weighted by Crippen LogP contribution is 2.41. The molecule has 0 fully saturated rings. The summed E-state index contributed by atoms with van der Waals surface area (Å²) in [4.78, 5) is 13.8. The fourth-order valence-electron chi connectivity index (χ4n) is 2.81. The first-order chi connectivity index (χ1) is 12.2. The van der Waals surface area contributed by atoms with Crippen molar-refractivity contribution in [3.8, 4) is 17.2 Å². The molecule has 0 spiro atoms. The van der Waals surface area contributed by atoms with Gasteiger partial charge in [0, 0.05) is 10.5 Å². The van der Waals surface area contributed by atoms with E-state index < -0.39 is 6.04 Å². The van der Waals surface area contributed by atoms with Gasteiger partial charge in [-0.3, -0.25) is 4.79 Å². The Labute approximate surface area is 148 Å². The molecule has 1 atom stereocenters. The molecule has 126 valence electrons. The van der Waals surface area contributed by atoms with Gasteiger partial charge in [-0.1, -0.05) is 30.3 Å². The Hall–Kier alpha value is -2.64. The van der Waals surface area contributed by atoms with Crippen LogP contribution >= 0.6 is 11.9 Å². The van der Waals surface area contributed by atoms with E-state index in [0.29, 0.717) is 22.8 Å². The van der Waals surface area contributed by atoms with Crippen LogP contribution < -0.4 is 4.74 Å². The monoisotopic (exact) mass is 353 g/mol. The summed E-state index contributed by atoms with van der Waals surface area (Å²) in [5.74, 6) is 1.20. The molecule has 0 bridgehead atoms. The number of nitrogens with zero attached hydrogens (tertiary/aromatic N) is 3. The zero-order valence-corrected chi connectivity index (χ0v) is 14.5. The molecule has 0 amide bonds. The van der Waals surface area contributed by atoms with Gasteiger partial charge in [0.1, 0.15) is 5.75 Å². The van der Waals surface area contributed by atoms with Crippen molar-refractivity contribution < 1.29 is 13.9 Å². The SMILES string of the molecule is COc1ccccc1-c1nnc(C2C(=O)c3ccccc3SN2C)o1. The number of rotatable bonds is 3. The Bertz CT molecular complexity index is 941. The number of carbonyl (C=O) groups is 1. The Balaban J connectivity index is 1.72. The van der Waals surface area contributed by atoms with Crippen LogP contribution in [0.1, 0.15) is 22.3 Å². The van der Waals surface area contributed by atoms with Gasteiger partial charge in [-0.05, 0) is 37.2 Å². The predicted octanol–water partition coefficient (Wildman–Crippen LogP) is 3.62. The lowest BCUT2D eigenvalue weighted by molar-refractivity contribution is 0.0884. The van der Waals surface area contributed by atoms with E-state index in [1.165, 1.54) is 11.9 Å². The maximum absolute atomic E-state index is 12.9. The molecule has 1 aromatic heterocycles. The van der Waals surface area contributed by atoms with E-state index in [4.69, 9.17) is 9.15 Å². The molecular weight excluding hydrogens is 338 g/mol. The van der Waals surface area contributed by atoms with Gasteiger partial charge >= 0.3 is 0 Å². The van der Waals surface area contributed by atoms with Crippen LogP contribution in [0.5, 0.6) is 5.75 Å². The van der Waals surface area contributed by atoms with Gasteiger partial charge in [0.05, 0.1) is 12.7 Å². The number of Topliss-reactive ketones (excluding diaryl/α,β-unsaturated/α-hetero) is 1. The molecule has 25 heavy (non-hydrogen) atoms. The van der Waals surface area contributed by atoms with Gasteiger partial charge in [-0.2, -0.15) is 0 Å². The van der Waals surface area contributed by atoms with Crippen LogP contribution in [0, 0.1) is 0 Å². The van der Waals surface area contributed by atoms with E-state index >= 15 is 0 Å². The standard InChI is InChI=1S/C18H15N3O3S/c1-21-15(16(22)12-8-4-6-10-14(12)25-21)18-20-19-17(24-18)11-7-3-5-9-13(11)23-2/h3-10,15H,1-2H3. The first-order valence-electron chi connectivity index (χ1n) is 7.70. The van der Waals surface area contributed by atoms with Gasteiger partial charge < -0.3 is 9.15 Å². The number of methoxy groups -OCH3 is 1. The number of para-hydroxylation sites is 1. The number of carbonyl (C=O) groups excluding carboxylic acids is 1. The molecule has 7 heteroatoms. The van der Waals surface area contributed by atoms with E-state index in [9.17, 15) is 4.79 Å². The normalized spacial score (nSPS) is 17.4. The third-order valence-corrected chi connectivity index (χ3v) is 5.07. The maximum Gasteiger partial charge on any atom is 0.251 e. The second-order valence-corrected chi connectivity index (χ2v) is 6.74. The molecule has 6 nitrogen and oxygen atoms in total. The summed E-state index contributed by atoms with van der Waals surface area (Å²) in [7, 11) is 3.43. The lowest BCUT2D eigenvalue weighted by Crippen LogP contribution is -2.30. The number of likely N-dealkylation sites (N-methyl/N-ethyl adjacent to an activating group) is 1. The molecule has 1 aliphatic rings. The van der Waals surface area contributed by atoms with E-state index in [2.05, 4.69) is 10.2 Å². The van der Waals surface area contributed by atoms with Crippen LogP contribution in [0.15, 0.2) is 57.8 Å². The summed E-state index contributed by atoms with van der Waals surface area (Å²) in [6.07, 6.45) is 0. The molecular formula is C18H15N3O3S. The quantitative estimate of drug-likeness (QED) is 0.666. The minimum absolute atomic E-state index is 0.0490. The van der Waals surface area contributed by atoms with Crippen molar-refractivity contribution in [3.05, 3.63) is 60.0 Å². The summed E-state index contributed by atoms with van der Waals surface area (Å²) in [5, 5.41) is 8.23. The number of ketones is 1. The second-order valence-electron chi connectivity index (χ2n) is 5.55. The smallest absolute Gasteiger partial charge is 0.251 e. The van der Waals surface area contributed by atoms with Crippen molar-refractivity contribution >= 4 is 17.7 Å². The van der Waals surface area contributed by atoms with Crippen LogP contribution in [0.4, 0.5) is 0 Å². The number of hydrogen-bond donors (Lipinski definition) is 0. The molecule has 0 radical (unpaired) electrons. The topological polar surface area (TPSA) is 68.5 Å².